The summed E-state index contributed by atoms with van der Waals surface area (Å²) in [6, 6.07) is 12.0. The highest BCUT2D eigenvalue weighted by Crippen LogP contribution is 2.26. The van der Waals surface area contributed by atoms with E-state index in [1.165, 1.54) is 10.4 Å². The third-order valence-corrected chi connectivity index (χ3v) is 8.07. The fraction of sp³-hybridized carbons (Fsp3) is 0.458. The smallest absolute Gasteiger partial charge is 0.243 e. The number of sulfonamides is 1. The van der Waals surface area contributed by atoms with Crippen LogP contribution in [0.5, 0.6) is 0 Å². The maximum atomic E-state index is 13.8. The Morgan fingerprint density at radius 2 is 1.84 bits per heavy atom. The van der Waals surface area contributed by atoms with E-state index in [9.17, 15) is 17.6 Å². The van der Waals surface area contributed by atoms with Crippen molar-refractivity contribution in [2.75, 3.05) is 38.1 Å². The lowest BCUT2D eigenvalue weighted by molar-refractivity contribution is -0.126. The molecular formula is C24H32FN3O3S. The van der Waals surface area contributed by atoms with E-state index in [0.29, 0.717) is 56.0 Å². The molecule has 32 heavy (non-hydrogen) atoms. The van der Waals surface area contributed by atoms with E-state index in [1.54, 1.807) is 24.3 Å². The molecule has 1 amide bonds. The third-order valence-electron chi connectivity index (χ3n) is 6.01. The minimum Gasteiger partial charge on any atom is -0.372 e. The van der Waals surface area contributed by atoms with E-state index in [1.807, 2.05) is 37.9 Å². The Morgan fingerprint density at radius 3 is 2.50 bits per heavy atom. The van der Waals surface area contributed by atoms with Gasteiger partial charge in [-0.3, -0.25) is 4.79 Å². The van der Waals surface area contributed by atoms with Gasteiger partial charge in [-0.15, -0.1) is 0 Å². The molecule has 1 fully saturated rings. The van der Waals surface area contributed by atoms with Gasteiger partial charge in [0, 0.05) is 39.1 Å². The fourth-order valence-corrected chi connectivity index (χ4v) is 5.82. The highest BCUT2D eigenvalue weighted by Gasteiger charge is 2.32. The number of hydrogen-bond donors (Lipinski definition) is 1. The third kappa shape index (κ3) is 5.66. The van der Waals surface area contributed by atoms with Gasteiger partial charge in [-0.1, -0.05) is 29.8 Å². The SMILES string of the molecule is Cc1ccc(S(=O)(=O)N2CCC(C(=O)NCCCN(C)c3ccccc3F)CC2)c(C)c1. The zero-order valence-electron chi connectivity index (χ0n) is 19.0. The minimum absolute atomic E-state index is 0.0397. The average molecular weight is 462 g/mol. The second-order valence-corrected chi connectivity index (χ2v) is 10.4. The zero-order chi connectivity index (χ0) is 23.3. The normalized spacial score (nSPS) is 15.5. The number of piperidine rings is 1. The molecule has 1 aliphatic rings. The van der Waals surface area contributed by atoms with Crippen molar-refractivity contribution in [2.24, 2.45) is 5.92 Å². The van der Waals surface area contributed by atoms with Gasteiger partial charge in [-0.25, -0.2) is 12.8 Å². The summed E-state index contributed by atoms with van der Waals surface area (Å²) in [5.41, 5.74) is 2.30. The highest BCUT2D eigenvalue weighted by molar-refractivity contribution is 7.89. The van der Waals surface area contributed by atoms with Gasteiger partial charge < -0.3 is 10.2 Å². The molecule has 1 saturated heterocycles. The number of amides is 1. The summed E-state index contributed by atoms with van der Waals surface area (Å²) in [5, 5.41) is 2.95. The van der Waals surface area contributed by atoms with Crippen LogP contribution >= 0.6 is 0 Å². The standard InChI is InChI=1S/C24H32FN3O3S/c1-18-9-10-23(19(2)17-18)32(30,31)28-15-11-20(12-16-28)24(29)26-13-6-14-27(3)22-8-5-4-7-21(22)25/h4-5,7-10,17,20H,6,11-16H2,1-3H3,(H,26,29). The summed E-state index contributed by atoms with van der Waals surface area (Å²) in [6.45, 7) is 5.54. The number of benzene rings is 2. The molecule has 0 aliphatic carbocycles. The number of nitrogens with one attached hydrogen (secondary N) is 1. The first-order chi connectivity index (χ1) is 15.2. The monoisotopic (exact) mass is 461 g/mol. The van der Waals surface area contributed by atoms with Crippen LogP contribution < -0.4 is 10.2 Å². The first-order valence-electron chi connectivity index (χ1n) is 11.0. The van der Waals surface area contributed by atoms with Crippen molar-refractivity contribution < 1.29 is 17.6 Å². The molecule has 0 aromatic heterocycles. The number of hydrogen-bond acceptors (Lipinski definition) is 4. The lowest BCUT2D eigenvalue weighted by Gasteiger charge is -2.31. The van der Waals surface area contributed by atoms with Crippen molar-refractivity contribution in [3.8, 4) is 0 Å². The number of aryl methyl sites for hydroxylation is 2. The van der Waals surface area contributed by atoms with Gasteiger partial charge in [0.1, 0.15) is 5.82 Å². The zero-order valence-corrected chi connectivity index (χ0v) is 19.8. The van der Waals surface area contributed by atoms with Crippen LogP contribution in [0.4, 0.5) is 10.1 Å². The Balaban J connectivity index is 1.45. The summed E-state index contributed by atoms with van der Waals surface area (Å²) in [6.07, 6.45) is 1.70. The number of carbonyl (C=O) groups is 1. The van der Waals surface area contributed by atoms with Crippen molar-refractivity contribution >= 4 is 21.6 Å². The second kappa shape index (κ2) is 10.4. The molecule has 0 spiro atoms. The molecule has 1 N–H and O–H groups in total. The van der Waals surface area contributed by atoms with Gasteiger partial charge in [-0.05, 0) is 56.9 Å². The van der Waals surface area contributed by atoms with Crippen LogP contribution in [-0.4, -0.2) is 51.9 Å². The molecule has 1 heterocycles. The van der Waals surface area contributed by atoms with Crippen molar-refractivity contribution in [1.29, 1.82) is 0 Å². The molecule has 0 radical (unpaired) electrons. The van der Waals surface area contributed by atoms with Gasteiger partial charge in [0.15, 0.2) is 0 Å². The number of anilines is 1. The Kier molecular flexibility index (Phi) is 7.90. The van der Waals surface area contributed by atoms with Crippen molar-refractivity contribution in [2.45, 2.75) is 38.0 Å². The van der Waals surface area contributed by atoms with E-state index in [2.05, 4.69) is 5.32 Å². The molecule has 0 unspecified atom stereocenters. The number of carbonyl (C=O) groups excluding carboxylic acids is 1. The summed E-state index contributed by atoms with van der Waals surface area (Å²) in [4.78, 5) is 14.7. The molecule has 174 valence electrons. The average Bonchev–Trinajstić information content (AvgIpc) is 2.76. The van der Waals surface area contributed by atoms with E-state index >= 15 is 0 Å². The van der Waals surface area contributed by atoms with E-state index in [-0.39, 0.29) is 17.6 Å². The van der Waals surface area contributed by atoms with E-state index < -0.39 is 10.0 Å². The van der Waals surface area contributed by atoms with Crippen LogP contribution in [0.15, 0.2) is 47.4 Å². The largest absolute Gasteiger partial charge is 0.372 e. The summed E-state index contributed by atoms with van der Waals surface area (Å²) in [5.74, 6) is -0.492. The van der Waals surface area contributed by atoms with Crippen LogP contribution in [0.1, 0.15) is 30.4 Å². The minimum atomic E-state index is -3.55. The molecule has 8 heteroatoms. The predicted molar refractivity (Wildman–Crippen MR) is 125 cm³/mol. The van der Waals surface area contributed by atoms with Gasteiger partial charge in [0.2, 0.25) is 15.9 Å². The molecule has 1 aliphatic heterocycles. The Labute approximate surface area is 190 Å². The van der Waals surface area contributed by atoms with E-state index in [4.69, 9.17) is 0 Å². The Morgan fingerprint density at radius 1 is 1.16 bits per heavy atom. The number of halogens is 1. The molecule has 3 rings (SSSR count). The molecule has 0 atom stereocenters. The lowest BCUT2D eigenvalue weighted by Crippen LogP contribution is -2.43. The van der Waals surface area contributed by atoms with Crippen LogP contribution in [0.25, 0.3) is 0 Å². The first-order valence-corrected chi connectivity index (χ1v) is 12.4. The van der Waals surface area contributed by atoms with Crippen molar-refractivity contribution in [1.82, 2.24) is 9.62 Å². The maximum Gasteiger partial charge on any atom is 0.243 e. The van der Waals surface area contributed by atoms with Gasteiger partial charge in [0.05, 0.1) is 10.6 Å². The van der Waals surface area contributed by atoms with Gasteiger partial charge >= 0.3 is 0 Å². The summed E-state index contributed by atoms with van der Waals surface area (Å²) < 4.78 is 41.3. The molecule has 2 aromatic carbocycles. The first kappa shape index (κ1) is 24.2. The predicted octanol–water partition coefficient (Wildman–Crippen LogP) is 3.49. The van der Waals surface area contributed by atoms with E-state index in [0.717, 1.165) is 11.1 Å². The van der Waals surface area contributed by atoms with Crippen molar-refractivity contribution in [3.63, 3.8) is 0 Å². The molecule has 2 aromatic rings. The van der Waals surface area contributed by atoms with Gasteiger partial charge in [-0.2, -0.15) is 4.31 Å². The second-order valence-electron chi connectivity index (χ2n) is 8.46. The van der Waals surface area contributed by atoms with Gasteiger partial charge in [0.25, 0.3) is 0 Å². The van der Waals surface area contributed by atoms with Crippen LogP contribution in [-0.2, 0) is 14.8 Å². The number of rotatable bonds is 8. The summed E-state index contributed by atoms with van der Waals surface area (Å²) >= 11 is 0. The topological polar surface area (TPSA) is 69.7 Å². The van der Waals surface area contributed by atoms with Crippen LogP contribution in [0.2, 0.25) is 0 Å². The number of para-hydroxylation sites is 1. The lowest BCUT2D eigenvalue weighted by atomic mass is 9.97. The Bertz CT molecular complexity index is 1050. The summed E-state index contributed by atoms with van der Waals surface area (Å²) in [7, 11) is -1.73. The van der Waals surface area contributed by atoms with Crippen molar-refractivity contribution in [3.05, 3.63) is 59.4 Å². The Hall–Kier alpha value is -2.45. The molecule has 0 bridgehead atoms. The van der Waals surface area contributed by atoms with Crippen LogP contribution in [0, 0.1) is 25.6 Å². The quantitative estimate of drug-likeness (QED) is 0.611. The maximum absolute atomic E-state index is 13.8. The number of nitrogens with zero attached hydrogens (tertiary/aromatic N) is 2. The molecule has 0 saturated carbocycles. The highest BCUT2D eigenvalue weighted by atomic mass is 32.2. The molecule has 6 nitrogen and oxygen atoms in total. The molecular weight excluding hydrogens is 429 g/mol. The fourth-order valence-electron chi connectivity index (χ4n) is 4.14. The van der Waals surface area contributed by atoms with Crippen LogP contribution in [0.3, 0.4) is 0 Å².